The summed E-state index contributed by atoms with van der Waals surface area (Å²) in [6, 6.07) is 3.66. The average Bonchev–Trinajstić information content (AvgIpc) is 3.14. The molecule has 1 aliphatic heterocycles. The molecule has 3 aromatic heterocycles. The van der Waals surface area contributed by atoms with E-state index < -0.39 is 0 Å². The van der Waals surface area contributed by atoms with Crippen molar-refractivity contribution in [1.82, 2.24) is 19.3 Å². The van der Waals surface area contributed by atoms with Crippen LogP contribution < -0.4 is 5.32 Å². The molecular weight excluding hydrogens is 390 g/mol. The molecule has 29 heavy (non-hydrogen) atoms. The van der Waals surface area contributed by atoms with Gasteiger partial charge in [-0.25, -0.2) is 9.97 Å². The molecule has 5 rings (SSSR count). The molecule has 1 saturated carbocycles. The number of aliphatic hydroxyl groups is 1. The van der Waals surface area contributed by atoms with Crippen LogP contribution in [-0.4, -0.2) is 55.4 Å². The largest absolute Gasteiger partial charge is 0.394 e. The van der Waals surface area contributed by atoms with Gasteiger partial charge in [-0.2, -0.15) is 0 Å². The maximum atomic E-state index is 12.7. The van der Waals surface area contributed by atoms with E-state index in [4.69, 9.17) is 0 Å². The summed E-state index contributed by atoms with van der Waals surface area (Å²) < 4.78 is 1.85. The highest BCUT2D eigenvalue weighted by molar-refractivity contribution is 7.12. The van der Waals surface area contributed by atoms with E-state index in [1.54, 1.807) is 11.1 Å². The summed E-state index contributed by atoms with van der Waals surface area (Å²) in [6.07, 6.45) is 7.32. The lowest BCUT2D eigenvalue weighted by atomic mass is 10.2. The second kappa shape index (κ2) is 7.23. The minimum Gasteiger partial charge on any atom is -0.394 e. The fourth-order valence-electron chi connectivity index (χ4n) is 3.70. The van der Waals surface area contributed by atoms with Crippen molar-refractivity contribution in [3.8, 4) is 11.3 Å². The van der Waals surface area contributed by atoms with E-state index in [1.807, 2.05) is 28.1 Å². The van der Waals surface area contributed by atoms with Crippen LogP contribution in [0.4, 0.5) is 5.82 Å². The summed E-state index contributed by atoms with van der Waals surface area (Å²) in [5.41, 5.74) is 2.32. The molecule has 0 aromatic carbocycles. The fraction of sp³-hybridized carbons (Fsp3) is 0.400. The van der Waals surface area contributed by atoms with E-state index in [1.165, 1.54) is 11.3 Å². The number of likely N-dealkylation sites (tertiary alicyclic amines) is 1. The van der Waals surface area contributed by atoms with Gasteiger partial charge >= 0.3 is 0 Å². The summed E-state index contributed by atoms with van der Waals surface area (Å²) in [4.78, 5) is 35.4. The van der Waals surface area contributed by atoms with Crippen molar-refractivity contribution in [2.24, 2.45) is 5.92 Å². The summed E-state index contributed by atoms with van der Waals surface area (Å²) in [6.45, 7) is 0.649. The number of fused-ring (bicyclic) bond motifs is 1. The van der Waals surface area contributed by atoms with Gasteiger partial charge in [0.25, 0.3) is 5.91 Å². The molecule has 2 amide bonds. The topological polar surface area (TPSA) is 99.8 Å². The molecule has 4 heterocycles. The van der Waals surface area contributed by atoms with Crippen LogP contribution in [0, 0.1) is 5.92 Å². The van der Waals surface area contributed by atoms with Gasteiger partial charge in [0.2, 0.25) is 5.91 Å². The molecule has 2 fully saturated rings. The molecule has 0 bridgehead atoms. The van der Waals surface area contributed by atoms with Gasteiger partial charge < -0.3 is 19.7 Å². The molecule has 1 aliphatic carbocycles. The Morgan fingerprint density at radius 3 is 2.86 bits per heavy atom. The van der Waals surface area contributed by atoms with Gasteiger partial charge in [-0.1, -0.05) is 0 Å². The number of hydrogen-bond donors (Lipinski definition) is 2. The lowest BCUT2D eigenvalue weighted by Crippen LogP contribution is -2.37. The van der Waals surface area contributed by atoms with E-state index >= 15 is 0 Å². The molecule has 1 atom stereocenters. The molecule has 2 N–H and O–H groups in total. The van der Waals surface area contributed by atoms with Crippen LogP contribution in [0.3, 0.4) is 0 Å². The summed E-state index contributed by atoms with van der Waals surface area (Å²) in [7, 11) is 0. The average molecular weight is 411 g/mol. The molecule has 150 valence electrons. The zero-order chi connectivity index (χ0) is 20.0. The van der Waals surface area contributed by atoms with E-state index in [-0.39, 0.29) is 30.4 Å². The van der Waals surface area contributed by atoms with Gasteiger partial charge in [-0.15, -0.1) is 11.3 Å². The van der Waals surface area contributed by atoms with Gasteiger partial charge in [0.1, 0.15) is 5.65 Å². The van der Waals surface area contributed by atoms with Crippen molar-refractivity contribution >= 4 is 34.6 Å². The van der Waals surface area contributed by atoms with Crippen molar-refractivity contribution in [2.45, 2.75) is 31.7 Å². The number of rotatable bonds is 5. The van der Waals surface area contributed by atoms with E-state index in [0.717, 1.165) is 42.6 Å². The van der Waals surface area contributed by atoms with Crippen LogP contribution in [0.1, 0.15) is 35.5 Å². The Bertz CT molecular complexity index is 1090. The van der Waals surface area contributed by atoms with Crippen LogP contribution in [0.2, 0.25) is 0 Å². The summed E-state index contributed by atoms with van der Waals surface area (Å²) in [5.74, 6) is 0.575. The van der Waals surface area contributed by atoms with E-state index in [9.17, 15) is 14.7 Å². The van der Waals surface area contributed by atoms with Gasteiger partial charge in [-0.3, -0.25) is 9.59 Å². The van der Waals surface area contributed by atoms with Gasteiger partial charge in [0.05, 0.1) is 24.5 Å². The van der Waals surface area contributed by atoms with Crippen LogP contribution >= 0.6 is 11.3 Å². The SMILES string of the molecule is O=C(Nc1cn2cc(-c3csc(C(=O)N4CCCC4CO)n3)ccc2n1)C1CC1. The maximum absolute atomic E-state index is 12.7. The standard InChI is InChI=1S/C20H21N5O3S/c26-10-14-2-1-7-25(14)20(28)19-21-15(11-29-19)13-5-6-17-22-16(9-24(17)8-13)23-18(27)12-3-4-12/h5-6,8-9,11-12,14,26H,1-4,7,10H2,(H,23,27). The second-order valence-corrected chi connectivity index (χ2v) is 8.45. The van der Waals surface area contributed by atoms with Crippen LogP contribution in [0.25, 0.3) is 16.9 Å². The number of imidazole rings is 1. The van der Waals surface area contributed by atoms with Crippen molar-refractivity contribution in [1.29, 1.82) is 0 Å². The number of aromatic nitrogens is 3. The highest BCUT2D eigenvalue weighted by Gasteiger charge is 2.31. The summed E-state index contributed by atoms with van der Waals surface area (Å²) in [5, 5.41) is 14.6. The Labute approximate surface area is 171 Å². The maximum Gasteiger partial charge on any atom is 0.283 e. The Hall–Kier alpha value is -2.78. The lowest BCUT2D eigenvalue weighted by Gasteiger charge is -2.21. The third-order valence-corrected chi connectivity index (χ3v) is 6.31. The van der Waals surface area contributed by atoms with Crippen molar-refractivity contribution < 1.29 is 14.7 Å². The highest BCUT2D eigenvalue weighted by atomic mass is 32.1. The van der Waals surface area contributed by atoms with Crippen LogP contribution in [-0.2, 0) is 4.79 Å². The molecule has 9 heteroatoms. The number of carbonyl (C=O) groups is 2. The monoisotopic (exact) mass is 411 g/mol. The zero-order valence-corrected chi connectivity index (χ0v) is 16.6. The van der Waals surface area contributed by atoms with E-state index in [2.05, 4.69) is 15.3 Å². The minimum atomic E-state index is -0.119. The van der Waals surface area contributed by atoms with Crippen molar-refractivity contribution in [3.05, 3.63) is 34.9 Å². The first-order chi connectivity index (χ1) is 14.1. The minimum absolute atomic E-state index is 0.0130. The summed E-state index contributed by atoms with van der Waals surface area (Å²) >= 11 is 1.32. The van der Waals surface area contributed by atoms with Crippen molar-refractivity contribution in [3.63, 3.8) is 0 Å². The Kier molecular flexibility index (Phi) is 4.56. The number of pyridine rings is 1. The predicted molar refractivity (Wildman–Crippen MR) is 109 cm³/mol. The third-order valence-electron chi connectivity index (χ3n) is 5.48. The molecular formula is C20H21N5O3S. The lowest BCUT2D eigenvalue weighted by molar-refractivity contribution is -0.117. The number of hydrogen-bond acceptors (Lipinski definition) is 6. The highest BCUT2D eigenvalue weighted by Crippen LogP contribution is 2.30. The molecule has 8 nitrogen and oxygen atoms in total. The molecule has 3 aromatic rings. The Morgan fingerprint density at radius 1 is 1.21 bits per heavy atom. The zero-order valence-electron chi connectivity index (χ0n) is 15.7. The molecule has 1 saturated heterocycles. The number of aliphatic hydroxyl groups excluding tert-OH is 1. The number of anilines is 1. The first kappa shape index (κ1) is 18.3. The molecule has 2 aliphatic rings. The number of nitrogens with one attached hydrogen (secondary N) is 1. The molecule has 1 unspecified atom stereocenters. The van der Waals surface area contributed by atoms with Gasteiger partial charge in [0, 0.05) is 29.6 Å². The van der Waals surface area contributed by atoms with Crippen LogP contribution in [0.15, 0.2) is 29.9 Å². The molecule has 0 spiro atoms. The Morgan fingerprint density at radius 2 is 2.07 bits per heavy atom. The third kappa shape index (κ3) is 3.51. The normalized spacial score (nSPS) is 19.1. The van der Waals surface area contributed by atoms with E-state index in [0.29, 0.717) is 17.4 Å². The predicted octanol–water partition coefficient (Wildman–Crippen LogP) is 2.40. The first-order valence-electron chi connectivity index (χ1n) is 9.80. The van der Waals surface area contributed by atoms with Crippen molar-refractivity contribution in [2.75, 3.05) is 18.5 Å². The number of nitrogens with zero attached hydrogens (tertiary/aromatic N) is 4. The Balaban J connectivity index is 1.36. The number of amides is 2. The first-order valence-corrected chi connectivity index (χ1v) is 10.7. The van der Waals surface area contributed by atoms with Gasteiger partial charge in [-0.05, 0) is 37.8 Å². The molecule has 0 radical (unpaired) electrons. The smallest absolute Gasteiger partial charge is 0.283 e. The fourth-order valence-corrected chi connectivity index (χ4v) is 4.48. The van der Waals surface area contributed by atoms with Crippen LogP contribution in [0.5, 0.6) is 0 Å². The second-order valence-electron chi connectivity index (χ2n) is 7.59. The van der Waals surface area contributed by atoms with Gasteiger partial charge in [0.15, 0.2) is 10.8 Å². The number of carbonyl (C=O) groups excluding carboxylic acids is 2. The quantitative estimate of drug-likeness (QED) is 0.672. The number of thiazole rings is 1.